The van der Waals surface area contributed by atoms with Crippen LogP contribution in [0.1, 0.15) is 44.9 Å². The van der Waals surface area contributed by atoms with Gasteiger partial charge in [-0.25, -0.2) is 0 Å². The van der Waals surface area contributed by atoms with Crippen LogP contribution in [-0.2, 0) is 11.2 Å². The lowest BCUT2D eigenvalue weighted by Gasteiger charge is -2.16. The predicted octanol–water partition coefficient (Wildman–Crippen LogP) is 4.54. The third kappa shape index (κ3) is 6.10. The normalized spacial score (nSPS) is 11.9. The summed E-state index contributed by atoms with van der Waals surface area (Å²) in [6, 6.07) is 15.7. The van der Waals surface area contributed by atoms with E-state index in [1.165, 1.54) is 5.56 Å². The number of amides is 1. The summed E-state index contributed by atoms with van der Waals surface area (Å²) < 4.78 is 11.1. The first-order valence-electron chi connectivity index (χ1n) is 9.22. The summed E-state index contributed by atoms with van der Waals surface area (Å²) in [5.41, 5.74) is 2.40. The van der Waals surface area contributed by atoms with Crippen molar-refractivity contribution in [2.45, 2.75) is 40.2 Å². The van der Waals surface area contributed by atoms with Gasteiger partial charge in [-0.05, 0) is 49.4 Å². The van der Waals surface area contributed by atoms with E-state index in [0.29, 0.717) is 24.0 Å². The van der Waals surface area contributed by atoms with Gasteiger partial charge < -0.3 is 14.8 Å². The molecule has 1 atom stereocenters. The van der Waals surface area contributed by atoms with Crippen molar-refractivity contribution in [1.82, 2.24) is 5.32 Å². The number of carbonyl (C=O) groups excluding carboxylic acids is 1. The standard InChI is InChI=1S/C22H29NO3/c1-5-25-20-8-6-7-9-21(20)26-15-22(24)23-17(4)19-12-10-18(11-13-19)14-16(2)3/h6-13,16-17H,5,14-15H2,1-4H3,(H,23,24)/t17-/m0/s1. The second-order valence-corrected chi connectivity index (χ2v) is 6.80. The van der Waals surface area contributed by atoms with E-state index in [9.17, 15) is 4.79 Å². The quantitative estimate of drug-likeness (QED) is 0.718. The molecule has 0 aliphatic rings. The van der Waals surface area contributed by atoms with Gasteiger partial charge in [0.2, 0.25) is 0 Å². The lowest BCUT2D eigenvalue weighted by molar-refractivity contribution is -0.123. The van der Waals surface area contributed by atoms with Gasteiger partial charge in [-0.1, -0.05) is 50.2 Å². The van der Waals surface area contributed by atoms with E-state index < -0.39 is 0 Å². The maximum atomic E-state index is 12.2. The van der Waals surface area contributed by atoms with Gasteiger partial charge in [0.05, 0.1) is 12.6 Å². The van der Waals surface area contributed by atoms with E-state index in [4.69, 9.17) is 9.47 Å². The van der Waals surface area contributed by atoms with Gasteiger partial charge in [-0.3, -0.25) is 4.79 Å². The number of para-hydroxylation sites is 2. The number of ether oxygens (including phenoxy) is 2. The van der Waals surface area contributed by atoms with Crippen LogP contribution >= 0.6 is 0 Å². The van der Waals surface area contributed by atoms with Crippen LogP contribution in [0.4, 0.5) is 0 Å². The minimum absolute atomic E-state index is 0.0418. The van der Waals surface area contributed by atoms with Gasteiger partial charge in [-0.15, -0.1) is 0 Å². The molecule has 0 aliphatic carbocycles. The smallest absolute Gasteiger partial charge is 0.258 e. The Morgan fingerprint density at radius 1 is 0.962 bits per heavy atom. The Morgan fingerprint density at radius 3 is 2.15 bits per heavy atom. The molecule has 2 aromatic rings. The molecule has 0 spiro atoms. The molecule has 4 nitrogen and oxygen atoms in total. The van der Waals surface area contributed by atoms with Gasteiger partial charge in [0.15, 0.2) is 18.1 Å². The number of hydrogen-bond donors (Lipinski definition) is 1. The van der Waals surface area contributed by atoms with Crippen LogP contribution < -0.4 is 14.8 Å². The van der Waals surface area contributed by atoms with Crippen LogP contribution in [0.15, 0.2) is 48.5 Å². The Morgan fingerprint density at radius 2 is 1.58 bits per heavy atom. The minimum atomic E-state index is -0.157. The maximum Gasteiger partial charge on any atom is 0.258 e. The summed E-state index contributed by atoms with van der Waals surface area (Å²) in [7, 11) is 0. The summed E-state index contributed by atoms with van der Waals surface area (Å²) in [6.07, 6.45) is 1.06. The zero-order valence-electron chi connectivity index (χ0n) is 16.1. The average molecular weight is 355 g/mol. The molecule has 0 aliphatic heterocycles. The Balaban J connectivity index is 1.87. The van der Waals surface area contributed by atoms with Gasteiger partial charge in [0, 0.05) is 0 Å². The van der Waals surface area contributed by atoms with Crippen molar-refractivity contribution < 1.29 is 14.3 Å². The van der Waals surface area contributed by atoms with Crippen LogP contribution in [-0.4, -0.2) is 19.1 Å². The second kappa shape index (κ2) is 9.85. The van der Waals surface area contributed by atoms with Crippen LogP contribution in [0.2, 0.25) is 0 Å². The van der Waals surface area contributed by atoms with E-state index in [2.05, 4.69) is 43.4 Å². The number of benzene rings is 2. The van der Waals surface area contributed by atoms with E-state index in [1.807, 2.05) is 32.0 Å². The number of hydrogen-bond acceptors (Lipinski definition) is 3. The van der Waals surface area contributed by atoms with Gasteiger partial charge in [-0.2, -0.15) is 0 Å². The highest BCUT2D eigenvalue weighted by molar-refractivity contribution is 5.78. The molecule has 2 rings (SSSR count). The number of carbonyl (C=O) groups is 1. The Labute approximate surface area is 156 Å². The Bertz CT molecular complexity index is 695. The highest BCUT2D eigenvalue weighted by atomic mass is 16.5. The SMILES string of the molecule is CCOc1ccccc1OCC(=O)N[C@@H](C)c1ccc(CC(C)C)cc1. The number of rotatable bonds is 9. The van der Waals surface area contributed by atoms with Crippen molar-refractivity contribution in [3.05, 3.63) is 59.7 Å². The minimum Gasteiger partial charge on any atom is -0.490 e. The van der Waals surface area contributed by atoms with E-state index in [0.717, 1.165) is 12.0 Å². The maximum absolute atomic E-state index is 12.2. The summed E-state index contributed by atoms with van der Waals surface area (Å²) in [6.45, 7) is 8.82. The average Bonchev–Trinajstić information content (AvgIpc) is 2.61. The zero-order valence-corrected chi connectivity index (χ0v) is 16.1. The molecule has 26 heavy (non-hydrogen) atoms. The fraction of sp³-hybridized carbons (Fsp3) is 0.409. The molecular weight excluding hydrogens is 326 g/mol. The third-order valence-electron chi connectivity index (χ3n) is 4.01. The lowest BCUT2D eigenvalue weighted by atomic mass is 10.00. The fourth-order valence-corrected chi connectivity index (χ4v) is 2.77. The van der Waals surface area contributed by atoms with Crippen molar-refractivity contribution in [2.75, 3.05) is 13.2 Å². The molecule has 0 fully saturated rings. The third-order valence-corrected chi connectivity index (χ3v) is 4.01. The van der Waals surface area contributed by atoms with Crippen molar-refractivity contribution in [2.24, 2.45) is 5.92 Å². The molecule has 0 unspecified atom stereocenters. The summed E-state index contributed by atoms with van der Waals surface area (Å²) in [5, 5.41) is 2.97. The molecule has 0 radical (unpaired) electrons. The molecule has 140 valence electrons. The second-order valence-electron chi connectivity index (χ2n) is 6.80. The van der Waals surface area contributed by atoms with Crippen molar-refractivity contribution in [1.29, 1.82) is 0 Å². The fourth-order valence-electron chi connectivity index (χ4n) is 2.77. The highest BCUT2D eigenvalue weighted by Gasteiger charge is 2.12. The topological polar surface area (TPSA) is 47.6 Å². The van der Waals surface area contributed by atoms with Crippen LogP contribution in [0.3, 0.4) is 0 Å². The Hall–Kier alpha value is -2.49. The highest BCUT2D eigenvalue weighted by Crippen LogP contribution is 2.26. The largest absolute Gasteiger partial charge is 0.490 e. The summed E-state index contributed by atoms with van der Waals surface area (Å²) in [4.78, 5) is 12.2. The molecular formula is C22H29NO3. The first-order chi connectivity index (χ1) is 12.5. The van der Waals surface area contributed by atoms with E-state index in [1.54, 1.807) is 6.07 Å². The summed E-state index contributed by atoms with van der Waals surface area (Å²) >= 11 is 0. The monoisotopic (exact) mass is 355 g/mol. The van der Waals surface area contributed by atoms with Gasteiger partial charge in [0.1, 0.15) is 0 Å². The molecule has 0 saturated carbocycles. The Kier molecular flexibility index (Phi) is 7.52. The van der Waals surface area contributed by atoms with E-state index >= 15 is 0 Å². The van der Waals surface area contributed by atoms with Crippen molar-refractivity contribution in [3.8, 4) is 11.5 Å². The molecule has 0 bridgehead atoms. The van der Waals surface area contributed by atoms with Gasteiger partial charge >= 0.3 is 0 Å². The molecule has 1 amide bonds. The molecule has 4 heteroatoms. The first-order valence-corrected chi connectivity index (χ1v) is 9.22. The van der Waals surface area contributed by atoms with Crippen LogP contribution in [0.5, 0.6) is 11.5 Å². The van der Waals surface area contributed by atoms with Crippen LogP contribution in [0, 0.1) is 5.92 Å². The molecule has 1 N–H and O–H groups in total. The predicted molar refractivity (Wildman–Crippen MR) is 105 cm³/mol. The van der Waals surface area contributed by atoms with Crippen molar-refractivity contribution in [3.63, 3.8) is 0 Å². The molecule has 0 heterocycles. The van der Waals surface area contributed by atoms with E-state index in [-0.39, 0.29) is 18.6 Å². The lowest BCUT2D eigenvalue weighted by Crippen LogP contribution is -2.31. The molecule has 0 saturated heterocycles. The first kappa shape index (κ1) is 19.8. The van der Waals surface area contributed by atoms with Crippen molar-refractivity contribution >= 4 is 5.91 Å². The van der Waals surface area contributed by atoms with Crippen LogP contribution in [0.25, 0.3) is 0 Å². The zero-order chi connectivity index (χ0) is 18.9. The molecule has 2 aromatic carbocycles. The molecule has 0 aromatic heterocycles. The number of nitrogens with one attached hydrogen (secondary N) is 1. The summed E-state index contributed by atoms with van der Waals surface area (Å²) in [5.74, 6) is 1.71. The van der Waals surface area contributed by atoms with Gasteiger partial charge in [0.25, 0.3) is 5.91 Å².